The molecule has 1 saturated heterocycles. The molecule has 0 spiro atoms. The predicted octanol–water partition coefficient (Wildman–Crippen LogP) is 2.97. The fourth-order valence-electron chi connectivity index (χ4n) is 4.56. The van der Waals surface area contributed by atoms with E-state index in [1.165, 1.54) is 37.2 Å². The largest absolute Gasteiger partial charge is 0.412 e. The Hall–Kier alpha value is -3.73. The minimum absolute atomic E-state index is 0.0173. The second-order valence-electron chi connectivity index (χ2n) is 9.16. The van der Waals surface area contributed by atoms with E-state index in [2.05, 4.69) is 0 Å². The first-order valence-corrected chi connectivity index (χ1v) is 11.6. The van der Waals surface area contributed by atoms with Crippen LogP contribution in [-0.4, -0.2) is 83.6 Å². The number of rotatable bonds is 5. The number of fused-ring (bicyclic) bond motifs is 1. The fraction of sp³-hybridized carbons (Fsp3) is 0.346. The van der Waals surface area contributed by atoms with Crippen molar-refractivity contribution in [1.82, 2.24) is 19.3 Å². The van der Waals surface area contributed by atoms with Gasteiger partial charge in [0.05, 0.1) is 11.1 Å². The van der Waals surface area contributed by atoms with Crippen LogP contribution in [0.5, 0.6) is 0 Å². The lowest BCUT2D eigenvalue weighted by Gasteiger charge is -2.38. The van der Waals surface area contributed by atoms with Gasteiger partial charge in [-0.1, -0.05) is 18.2 Å². The highest BCUT2D eigenvalue weighted by Gasteiger charge is 2.48. The maximum Gasteiger partial charge on any atom is 0.412 e. The maximum atomic E-state index is 14.7. The molecule has 0 bridgehead atoms. The standard InChI is InChI=1S/C26H26F4N4O3/c1-31(2)23(26(28,29)30)25(37)33-13-11-32(12-14-33)24(36)19-15-17(7-8-20(19)27)16-34-10-9-22(35)18-5-3-4-6-21(18)34/h3-10,15,23H,11-14,16H2,1-2H3/t23-/m1/s1. The van der Waals surface area contributed by atoms with Gasteiger partial charge in [0.2, 0.25) is 5.91 Å². The number of benzene rings is 2. The lowest BCUT2D eigenvalue weighted by atomic mass is 10.1. The van der Waals surface area contributed by atoms with Crippen LogP contribution in [0.2, 0.25) is 0 Å². The van der Waals surface area contributed by atoms with Crippen molar-refractivity contribution in [3.63, 3.8) is 0 Å². The van der Waals surface area contributed by atoms with Crippen LogP contribution >= 0.6 is 0 Å². The summed E-state index contributed by atoms with van der Waals surface area (Å²) in [4.78, 5) is 41.0. The normalized spacial score (nSPS) is 15.3. The van der Waals surface area contributed by atoms with E-state index in [0.717, 1.165) is 9.80 Å². The molecule has 0 aliphatic carbocycles. The molecule has 4 rings (SSSR count). The second-order valence-corrected chi connectivity index (χ2v) is 9.16. The molecule has 2 aromatic carbocycles. The zero-order valence-corrected chi connectivity index (χ0v) is 20.3. The van der Waals surface area contributed by atoms with Crippen molar-refractivity contribution in [3.05, 3.63) is 81.9 Å². The van der Waals surface area contributed by atoms with Crippen molar-refractivity contribution in [3.8, 4) is 0 Å². The first kappa shape index (κ1) is 26.3. The third-order valence-electron chi connectivity index (χ3n) is 6.44. The van der Waals surface area contributed by atoms with E-state index in [-0.39, 0.29) is 43.7 Å². The summed E-state index contributed by atoms with van der Waals surface area (Å²) in [6.45, 7) is 0.0750. The topological polar surface area (TPSA) is 65.9 Å². The van der Waals surface area contributed by atoms with Gasteiger partial charge in [0, 0.05) is 50.4 Å². The van der Waals surface area contributed by atoms with Gasteiger partial charge in [-0.3, -0.25) is 19.3 Å². The molecule has 11 heteroatoms. The summed E-state index contributed by atoms with van der Waals surface area (Å²) in [6.07, 6.45) is -3.10. The molecule has 1 aliphatic heterocycles. The van der Waals surface area contributed by atoms with E-state index in [0.29, 0.717) is 16.5 Å². The molecule has 0 radical (unpaired) electrons. The van der Waals surface area contributed by atoms with E-state index < -0.39 is 29.8 Å². The molecule has 0 unspecified atom stereocenters. The zero-order chi connectivity index (χ0) is 26.9. The summed E-state index contributed by atoms with van der Waals surface area (Å²) in [5.41, 5.74) is 1.05. The van der Waals surface area contributed by atoms with Gasteiger partial charge >= 0.3 is 6.18 Å². The monoisotopic (exact) mass is 518 g/mol. The Morgan fingerprint density at radius 1 is 0.973 bits per heavy atom. The highest BCUT2D eigenvalue weighted by Crippen LogP contribution is 2.26. The van der Waals surface area contributed by atoms with Gasteiger partial charge in [-0.2, -0.15) is 13.2 Å². The molecule has 0 N–H and O–H groups in total. The minimum atomic E-state index is -4.73. The average Bonchev–Trinajstić information content (AvgIpc) is 2.85. The van der Waals surface area contributed by atoms with Gasteiger partial charge in [-0.05, 0) is 43.9 Å². The van der Waals surface area contributed by atoms with Crippen LogP contribution in [0.15, 0.2) is 59.5 Å². The molecule has 0 saturated carbocycles. The highest BCUT2D eigenvalue weighted by molar-refractivity contribution is 5.95. The predicted molar refractivity (Wildman–Crippen MR) is 130 cm³/mol. The molecule has 7 nitrogen and oxygen atoms in total. The number of pyridine rings is 1. The molecule has 2 heterocycles. The third kappa shape index (κ3) is 5.51. The number of piperazine rings is 1. The van der Waals surface area contributed by atoms with E-state index in [1.54, 1.807) is 36.5 Å². The van der Waals surface area contributed by atoms with E-state index in [9.17, 15) is 31.9 Å². The second kappa shape index (κ2) is 10.3. The maximum absolute atomic E-state index is 14.7. The lowest BCUT2D eigenvalue weighted by Crippen LogP contribution is -2.58. The van der Waals surface area contributed by atoms with Gasteiger partial charge in [0.25, 0.3) is 5.91 Å². The van der Waals surface area contributed by atoms with Crippen molar-refractivity contribution >= 4 is 22.7 Å². The summed E-state index contributed by atoms with van der Waals surface area (Å²) in [5.74, 6) is -2.40. The molecule has 1 fully saturated rings. The Morgan fingerprint density at radius 2 is 1.62 bits per heavy atom. The Balaban J connectivity index is 1.49. The Labute approximate surface area is 210 Å². The molecule has 1 atom stereocenters. The molecular formula is C26H26F4N4O3. The summed E-state index contributed by atoms with van der Waals surface area (Å²) < 4.78 is 56.5. The number of alkyl halides is 3. The Morgan fingerprint density at radius 3 is 2.27 bits per heavy atom. The number of halogens is 4. The summed E-state index contributed by atoms with van der Waals surface area (Å²) in [7, 11) is 2.36. The number of hydrogen-bond acceptors (Lipinski definition) is 4. The smallest absolute Gasteiger partial charge is 0.343 e. The van der Waals surface area contributed by atoms with Crippen LogP contribution in [0.25, 0.3) is 10.9 Å². The van der Waals surface area contributed by atoms with Gasteiger partial charge in [0.1, 0.15) is 5.82 Å². The van der Waals surface area contributed by atoms with Crippen LogP contribution in [0.1, 0.15) is 15.9 Å². The fourth-order valence-corrected chi connectivity index (χ4v) is 4.56. The van der Waals surface area contributed by atoms with Crippen LogP contribution in [-0.2, 0) is 11.3 Å². The van der Waals surface area contributed by atoms with Crippen molar-refractivity contribution < 1.29 is 27.2 Å². The van der Waals surface area contributed by atoms with Crippen LogP contribution in [0.4, 0.5) is 17.6 Å². The van der Waals surface area contributed by atoms with Gasteiger partial charge in [-0.15, -0.1) is 0 Å². The van der Waals surface area contributed by atoms with Crippen LogP contribution in [0, 0.1) is 5.82 Å². The molecule has 37 heavy (non-hydrogen) atoms. The zero-order valence-electron chi connectivity index (χ0n) is 20.3. The summed E-state index contributed by atoms with van der Waals surface area (Å²) >= 11 is 0. The van der Waals surface area contributed by atoms with Crippen LogP contribution < -0.4 is 5.43 Å². The molecule has 1 aliphatic rings. The summed E-state index contributed by atoms with van der Waals surface area (Å²) in [6, 6.07) is 10.4. The van der Waals surface area contributed by atoms with Gasteiger partial charge in [0.15, 0.2) is 11.5 Å². The number of carbonyl (C=O) groups excluding carboxylic acids is 2. The molecular weight excluding hydrogens is 492 g/mol. The molecule has 3 aromatic rings. The SMILES string of the molecule is CN(C)[C@H](C(=O)N1CCN(C(=O)c2cc(Cn3ccc(=O)c4ccccc43)ccc2F)CC1)C(F)(F)F. The Bertz CT molecular complexity index is 1380. The van der Waals surface area contributed by atoms with Crippen molar-refractivity contribution in [1.29, 1.82) is 0 Å². The van der Waals surface area contributed by atoms with Crippen molar-refractivity contribution in [2.45, 2.75) is 18.8 Å². The number of aromatic nitrogens is 1. The van der Waals surface area contributed by atoms with Gasteiger partial charge < -0.3 is 14.4 Å². The van der Waals surface area contributed by atoms with Crippen molar-refractivity contribution in [2.75, 3.05) is 40.3 Å². The molecule has 1 aromatic heterocycles. The minimum Gasteiger partial charge on any atom is -0.343 e. The number of nitrogens with zero attached hydrogens (tertiary/aromatic N) is 4. The summed E-state index contributed by atoms with van der Waals surface area (Å²) in [5, 5.41) is 0.540. The Kier molecular flexibility index (Phi) is 7.35. The molecule has 2 amide bonds. The van der Waals surface area contributed by atoms with Crippen molar-refractivity contribution in [2.24, 2.45) is 0 Å². The van der Waals surface area contributed by atoms with E-state index >= 15 is 0 Å². The van der Waals surface area contributed by atoms with E-state index in [4.69, 9.17) is 0 Å². The highest BCUT2D eigenvalue weighted by atomic mass is 19.4. The first-order chi connectivity index (χ1) is 17.5. The van der Waals surface area contributed by atoms with E-state index in [1.807, 2.05) is 4.57 Å². The first-order valence-electron chi connectivity index (χ1n) is 11.6. The molecule has 196 valence electrons. The average molecular weight is 519 g/mol. The lowest BCUT2D eigenvalue weighted by molar-refractivity contribution is -0.191. The number of hydrogen-bond donors (Lipinski definition) is 0. The van der Waals surface area contributed by atoms with Crippen LogP contribution in [0.3, 0.4) is 0 Å². The third-order valence-corrected chi connectivity index (χ3v) is 6.44. The number of likely N-dealkylation sites (N-methyl/N-ethyl adjacent to an activating group) is 1. The number of amides is 2. The van der Waals surface area contributed by atoms with Gasteiger partial charge in [-0.25, -0.2) is 4.39 Å². The number of carbonyl (C=O) groups is 2. The number of para-hydroxylation sites is 1. The quantitative estimate of drug-likeness (QED) is 0.488.